The van der Waals surface area contributed by atoms with Gasteiger partial charge in [-0.25, -0.2) is 0 Å². The van der Waals surface area contributed by atoms with Crippen LogP contribution < -0.4 is 14.2 Å². The van der Waals surface area contributed by atoms with Gasteiger partial charge >= 0.3 is 0 Å². The van der Waals surface area contributed by atoms with Crippen LogP contribution in [0, 0.1) is 13.8 Å². The monoisotopic (exact) mass is 390 g/mol. The standard InChI is InChI=1S/C24H22O5/c1-15-10-19(12-22(26)21(15)13-25)29-14-18-4-3-5-20(16(18)2)17-6-7-23-24(11-17)28-9-8-27-23/h3-7,10-13,26H,8-9,14H2,1-2H3. The van der Waals surface area contributed by atoms with Crippen LogP contribution in [0.2, 0.25) is 0 Å². The summed E-state index contributed by atoms with van der Waals surface area (Å²) >= 11 is 0. The molecule has 5 nitrogen and oxygen atoms in total. The molecule has 0 spiro atoms. The Kier molecular flexibility index (Phi) is 5.12. The lowest BCUT2D eigenvalue weighted by Crippen LogP contribution is -2.15. The van der Waals surface area contributed by atoms with Crippen molar-refractivity contribution in [3.8, 4) is 34.1 Å². The summed E-state index contributed by atoms with van der Waals surface area (Å²) < 4.78 is 17.2. The molecule has 0 amide bonds. The number of fused-ring (bicyclic) bond motifs is 1. The van der Waals surface area contributed by atoms with E-state index in [0.29, 0.717) is 37.4 Å². The van der Waals surface area contributed by atoms with E-state index in [0.717, 1.165) is 33.8 Å². The average Bonchev–Trinajstić information content (AvgIpc) is 2.72. The summed E-state index contributed by atoms with van der Waals surface area (Å²) in [6.07, 6.45) is 0.648. The molecule has 5 heteroatoms. The van der Waals surface area contributed by atoms with Crippen LogP contribution >= 0.6 is 0 Å². The number of hydrogen-bond acceptors (Lipinski definition) is 5. The fourth-order valence-electron chi connectivity index (χ4n) is 3.51. The number of aryl methyl sites for hydroxylation is 1. The first-order valence-electron chi connectivity index (χ1n) is 9.47. The van der Waals surface area contributed by atoms with E-state index in [-0.39, 0.29) is 11.3 Å². The molecule has 1 aliphatic heterocycles. The second-order valence-electron chi connectivity index (χ2n) is 7.03. The lowest BCUT2D eigenvalue weighted by Gasteiger charge is -2.20. The van der Waals surface area contributed by atoms with Crippen molar-refractivity contribution in [2.75, 3.05) is 13.2 Å². The molecule has 0 aromatic heterocycles. The quantitative estimate of drug-likeness (QED) is 0.632. The van der Waals surface area contributed by atoms with E-state index in [2.05, 4.69) is 13.0 Å². The number of hydrogen-bond donors (Lipinski definition) is 1. The van der Waals surface area contributed by atoms with Gasteiger partial charge in [0, 0.05) is 6.07 Å². The van der Waals surface area contributed by atoms with Crippen LogP contribution in [0.5, 0.6) is 23.0 Å². The highest BCUT2D eigenvalue weighted by atomic mass is 16.6. The van der Waals surface area contributed by atoms with E-state index in [1.807, 2.05) is 30.3 Å². The summed E-state index contributed by atoms with van der Waals surface area (Å²) in [5.41, 5.74) is 5.25. The highest BCUT2D eigenvalue weighted by Crippen LogP contribution is 2.36. The molecule has 29 heavy (non-hydrogen) atoms. The Morgan fingerprint density at radius 3 is 2.59 bits per heavy atom. The Balaban J connectivity index is 1.58. The van der Waals surface area contributed by atoms with E-state index in [9.17, 15) is 9.90 Å². The molecule has 0 unspecified atom stereocenters. The van der Waals surface area contributed by atoms with Crippen LogP contribution in [0.3, 0.4) is 0 Å². The van der Waals surface area contributed by atoms with Crippen molar-refractivity contribution < 1.29 is 24.1 Å². The number of rotatable bonds is 5. The van der Waals surface area contributed by atoms with E-state index in [1.165, 1.54) is 6.07 Å². The van der Waals surface area contributed by atoms with E-state index in [1.54, 1.807) is 13.0 Å². The van der Waals surface area contributed by atoms with Crippen LogP contribution in [0.25, 0.3) is 11.1 Å². The maximum Gasteiger partial charge on any atom is 0.161 e. The highest BCUT2D eigenvalue weighted by Gasteiger charge is 2.14. The minimum atomic E-state index is -0.0725. The highest BCUT2D eigenvalue weighted by molar-refractivity contribution is 5.82. The summed E-state index contributed by atoms with van der Waals surface area (Å²) in [5.74, 6) is 1.98. The Bertz CT molecular complexity index is 1050. The van der Waals surface area contributed by atoms with Gasteiger partial charge in [0.2, 0.25) is 0 Å². The van der Waals surface area contributed by atoms with E-state index < -0.39 is 0 Å². The molecular formula is C24H22O5. The summed E-state index contributed by atoms with van der Waals surface area (Å²) in [4.78, 5) is 11.0. The van der Waals surface area contributed by atoms with Crippen molar-refractivity contribution in [3.63, 3.8) is 0 Å². The first kappa shape index (κ1) is 18.9. The van der Waals surface area contributed by atoms with Gasteiger partial charge in [0.15, 0.2) is 17.8 Å². The fraction of sp³-hybridized carbons (Fsp3) is 0.208. The molecule has 3 aromatic carbocycles. The normalized spacial score (nSPS) is 12.5. The Morgan fingerprint density at radius 2 is 1.83 bits per heavy atom. The van der Waals surface area contributed by atoms with E-state index >= 15 is 0 Å². The lowest BCUT2D eigenvalue weighted by molar-refractivity contribution is 0.112. The average molecular weight is 390 g/mol. The molecule has 0 fully saturated rings. The summed E-state index contributed by atoms with van der Waals surface area (Å²) in [6.45, 7) is 5.30. The molecule has 1 heterocycles. The van der Waals surface area contributed by atoms with Gasteiger partial charge in [-0.2, -0.15) is 0 Å². The van der Waals surface area contributed by atoms with Crippen LogP contribution in [0.4, 0.5) is 0 Å². The van der Waals surface area contributed by atoms with Gasteiger partial charge in [0.25, 0.3) is 0 Å². The van der Waals surface area contributed by atoms with Gasteiger partial charge in [-0.15, -0.1) is 0 Å². The molecule has 1 aliphatic rings. The zero-order valence-electron chi connectivity index (χ0n) is 16.4. The zero-order chi connectivity index (χ0) is 20.4. The number of phenolic OH excluding ortho intramolecular Hbond substituents is 1. The zero-order valence-corrected chi connectivity index (χ0v) is 16.4. The minimum Gasteiger partial charge on any atom is -0.507 e. The smallest absolute Gasteiger partial charge is 0.161 e. The Labute approximate surface area is 169 Å². The van der Waals surface area contributed by atoms with Gasteiger partial charge < -0.3 is 19.3 Å². The maximum atomic E-state index is 11.0. The lowest BCUT2D eigenvalue weighted by atomic mass is 9.96. The number of carbonyl (C=O) groups excluding carboxylic acids is 1. The van der Waals surface area contributed by atoms with Crippen molar-refractivity contribution in [2.45, 2.75) is 20.5 Å². The fourth-order valence-corrected chi connectivity index (χ4v) is 3.51. The Morgan fingerprint density at radius 1 is 1.03 bits per heavy atom. The number of carbonyl (C=O) groups is 1. The number of phenols is 1. The van der Waals surface area contributed by atoms with Crippen LogP contribution in [0.1, 0.15) is 27.0 Å². The molecule has 0 atom stereocenters. The molecule has 148 valence electrons. The SMILES string of the molecule is Cc1cc(OCc2cccc(-c3ccc4c(c3)OCCO4)c2C)cc(O)c1C=O. The molecule has 1 N–H and O–H groups in total. The second kappa shape index (κ2) is 7.87. The van der Waals surface area contributed by atoms with Crippen molar-refractivity contribution in [2.24, 2.45) is 0 Å². The number of aromatic hydroxyl groups is 1. The van der Waals surface area contributed by atoms with Crippen molar-refractivity contribution in [3.05, 3.63) is 70.8 Å². The summed E-state index contributed by atoms with van der Waals surface area (Å²) in [7, 11) is 0. The summed E-state index contributed by atoms with van der Waals surface area (Å²) in [5, 5.41) is 9.98. The molecular weight excluding hydrogens is 368 g/mol. The van der Waals surface area contributed by atoms with Gasteiger partial charge in [-0.1, -0.05) is 24.3 Å². The Hall–Kier alpha value is -3.47. The van der Waals surface area contributed by atoms with Gasteiger partial charge in [0.1, 0.15) is 31.3 Å². The van der Waals surface area contributed by atoms with Gasteiger partial charge in [0.05, 0.1) is 5.56 Å². The van der Waals surface area contributed by atoms with E-state index in [4.69, 9.17) is 14.2 Å². The molecule has 0 aliphatic carbocycles. The first-order chi connectivity index (χ1) is 14.1. The molecule has 0 radical (unpaired) electrons. The topological polar surface area (TPSA) is 65.0 Å². The van der Waals surface area contributed by atoms with Gasteiger partial charge in [-0.3, -0.25) is 4.79 Å². The van der Waals surface area contributed by atoms with Crippen LogP contribution in [-0.2, 0) is 6.61 Å². The first-order valence-corrected chi connectivity index (χ1v) is 9.47. The predicted molar refractivity (Wildman–Crippen MR) is 110 cm³/mol. The second-order valence-corrected chi connectivity index (χ2v) is 7.03. The third kappa shape index (κ3) is 3.76. The number of aldehydes is 1. The third-order valence-electron chi connectivity index (χ3n) is 5.15. The third-order valence-corrected chi connectivity index (χ3v) is 5.15. The maximum absolute atomic E-state index is 11.0. The molecule has 0 saturated carbocycles. The van der Waals surface area contributed by atoms with Gasteiger partial charge in [-0.05, 0) is 59.9 Å². The largest absolute Gasteiger partial charge is 0.507 e. The van der Waals surface area contributed by atoms with Crippen LogP contribution in [0.15, 0.2) is 48.5 Å². The van der Waals surface area contributed by atoms with Crippen LogP contribution in [-0.4, -0.2) is 24.6 Å². The minimum absolute atomic E-state index is 0.0725. The van der Waals surface area contributed by atoms with Crippen molar-refractivity contribution >= 4 is 6.29 Å². The molecule has 4 rings (SSSR count). The molecule has 3 aromatic rings. The molecule has 0 saturated heterocycles. The van der Waals surface area contributed by atoms with Crippen molar-refractivity contribution in [1.82, 2.24) is 0 Å². The molecule has 0 bridgehead atoms. The number of benzene rings is 3. The predicted octanol–water partition coefficient (Wildman–Crippen LogP) is 4.84. The summed E-state index contributed by atoms with van der Waals surface area (Å²) in [6, 6.07) is 15.3. The van der Waals surface area contributed by atoms with Crippen molar-refractivity contribution in [1.29, 1.82) is 0 Å². The number of ether oxygens (including phenoxy) is 3.